The minimum absolute atomic E-state index is 0. The Morgan fingerprint density at radius 2 is 1.67 bits per heavy atom. The quantitative estimate of drug-likeness (QED) is 0.484. The molecule has 0 aliphatic heterocycles. The van der Waals surface area contributed by atoms with Gasteiger partial charge >= 0.3 is 18.9 Å². The average Bonchev–Trinajstić information content (AvgIpc) is 2.40. The van der Waals surface area contributed by atoms with Crippen molar-refractivity contribution in [2.45, 2.75) is 20.8 Å². The SMILES string of the molecule is CC(C)(C)C12C=CC(=C3C=C[C-]1C(C#N)=C3C#N)C=C2.[Li+]. The molecule has 0 spiro atoms. The van der Waals surface area contributed by atoms with Crippen LogP contribution in [0.15, 0.2) is 58.7 Å². The number of hydrogen-bond acceptors (Lipinski definition) is 2. The van der Waals surface area contributed by atoms with E-state index in [-0.39, 0.29) is 29.7 Å². The third-order valence-corrected chi connectivity index (χ3v) is 4.48. The largest absolute Gasteiger partial charge is 1.00 e. The molecular formula is C18H15LiN2. The molecule has 98 valence electrons. The standard InChI is InChI=1S/C18H15N2.Li/c1-17(2,3)18-8-6-12(7-9-18)13-4-5-16(18)15(11-20)14(13)10-19;/h4-9H,1-3H3;/q-1;+1. The summed E-state index contributed by atoms with van der Waals surface area (Å²) in [4.78, 5) is 0. The van der Waals surface area contributed by atoms with Crippen molar-refractivity contribution >= 4 is 0 Å². The maximum Gasteiger partial charge on any atom is 1.00 e. The van der Waals surface area contributed by atoms with Gasteiger partial charge in [-0.25, -0.2) is 5.26 Å². The predicted molar refractivity (Wildman–Crippen MR) is 77.8 cm³/mol. The maximum atomic E-state index is 9.56. The normalized spacial score (nSPS) is 25.5. The van der Waals surface area contributed by atoms with E-state index in [0.717, 1.165) is 17.1 Å². The second-order valence-electron chi connectivity index (χ2n) is 6.38. The molecule has 4 bridgehead atoms. The zero-order chi connectivity index (χ0) is 14.5. The first-order chi connectivity index (χ1) is 9.44. The van der Waals surface area contributed by atoms with Gasteiger partial charge in [-0.15, -0.1) is 18.1 Å². The van der Waals surface area contributed by atoms with Gasteiger partial charge in [-0.05, 0) is 22.6 Å². The van der Waals surface area contributed by atoms with Gasteiger partial charge in [0.05, 0.1) is 0 Å². The number of hydrogen-bond donors (Lipinski definition) is 0. The summed E-state index contributed by atoms with van der Waals surface area (Å²) >= 11 is 0. The number of allylic oxidation sites excluding steroid dienone is 10. The Bertz CT molecular complexity index is 709. The van der Waals surface area contributed by atoms with Crippen LogP contribution in [0.25, 0.3) is 0 Å². The van der Waals surface area contributed by atoms with Crippen LogP contribution < -0.4 is 18.9 Å². The van der Waals surface area contributed by atoms with Gasteiger partial charge in [0, 0.05) is 11.5 Å². The topological polar surface area (TPSA) is 47.6 Å². The van der Waals surface area contributed by atoms with Crippen LogP contribution in [0, 0.1) is 39.4 Å². The van der Waals surface area contributed by atoms with Crippen molar-refractivity contribution in [2.24, 2.45) is 10.8 Å². The summed E-state index contributed by atoms with van der Waals surface area (Å²) in [5.41, 5.74) is 2.45. The van der Waals surface area contributed by atoms with E-state index in [1.807, 2.05) is 12.2 Å². The van der Waals surface area contributed by atoms with E-state index in [0.29, 0.717) is 11.1 Å². The smallest absolute Gasteiger partial charge is 0.262 e. The molecule has 21 heavy (non-hydrogen) atoms. The Kier molecular flexibility index (Phi) is 3.59. The number of nitriles is 2. The van der Waals surface area contributed by atoms with Crippen molar-refractivity contribution < 1.29 is 18.9 Å². The Labute approximate surface area is 138 Å². The maximum absolute atomic E-state index is 9.56. The number of nitrogens with zero attached hydrogens (tertiary/aromatic N) is 2. The second-order valence-corrected chi connectivity index (χ2v) is 6.38. The summed E-state index contributed by atoms with van der Waals surface area (Å²) in [5, 5.41) is 19.0. The molecule has 0 heterocycles. The third kappa shape index (κ3) is 1.88. The van der Waals surface area contributed by atoms with Crippen LogP contribution >= 0.6 is 0 Å². The Hall–Kier alpha value is -1.85. The first-order valence-corrected chi connectivity index (χ1v) is 6.68. The van der Waals surface area contributed by atoms with Gasteiger partial charge in [0.25, 0.3) is 0 Å². The molecule has 0 aromatic carbocycles. The predicted octanol–water partition coefficient (Wildman–Crippen LogP) is 0.947. The molecule has 2 nitrogen and oxygen atoms in total. The van der Waals surface area contributed by atoms with E-state index in [2.05, 4.69) is 57.2 Å². The van der Waals surface area contributed by atoms with Gasteiger partial charge in [-0.3, -0.25) is 5.26 Å². The minimum Gasteiger partial charge on any atom is -0.262 e. The Morgan fingerprint density at radius 3 is 2.14 bits per heavy atom. The molecular weight excluding hydrogens is 251 g/mol. The summed E-state index contributed by atoms with van der Waals surface area (Å²) in [5.74, 6) is 0.930. The van der Waals surface area contributed by atoms with Crippen molar-refractivity contribution in [3.8, 4) is 12.1 Å². The average molecular weight is 266 g/mol. The molecule has 0 atom stereocenters. The summed E-state index contributed by atoms with van der Waals surface area (Å²) in [6.07, 6.45) is 12.5. The van der Waals surface area contributed by atoms with Gasteiger partial charge in [0.1, 0.15) is 0 Å². The third-order valence-electron chi connectivity index (χ3n) is 4.48. The van der Waals surface area contributed by atoms with Gasteiger partial charge in [0.15, 0.2) is 0 Å². The first kappa shape index (κ1) is 15.5. The van der Waals surface area contributed by atoms with Crippen LogP contribution in [0.2, 0.25) is 0 Å². The zero-order valence-corrected chi connectivity index (χ0v) is 12.9. The second kappa shape index (κ2) is 4.86. The van der Waals surface area contributed by atoms with Gasteiger partial charge in [0.2, 0.25) is 0 Å². The number of rotatable bonds is 0. The van der Waals surface area contributed by atoms with Crippen LogP contribution in [0.4, 0.5) is 0 Å². The fraction of sp³-hybridized carbons (Fsp3) is 0.278. The van der Waals surface area contributed by atoms with Crippen LogP contribution in [0.3, 0.4) is 0 Å². The van der Waals surface area contributed by atoms with E-state index < -0.39 is 0 Å². The van der Waals surface area contributed by atoms with Gasteiger partial charge in [-0.2, -0.15) is 0 Å². The Morgan fingerprint density at radius 1 is 1.05 bits per heavy atom. The molecule has 0 aromatic rings. The van der Waals surface area contributed by atoms with E-state index in [9.17, 15) is 10.5 Å². The zero-order valence-electron chi connectivity index (χ0n) is 12.9. The van der Waals surface area contributed by atoms with Crippen LogP contribution in [0.1, 0.15) is 20.8 Å². The van der Waals surface area contributed by atoms with Crippen LogP contribution in [0.5, 0.6) is 0 Å². The minimum atomic E-state index is -0.341. The Balaban J connectivity index is 0.00000161. The molecule has 0 unspecified atom stereocenters. The van der Waals surface area contributed by atoms with Gasteiger partial charge < -0.3 is 0 Å². The van der Waals surface area contributed by atoms with Crippen LogP contribution in [-0.2, 0) is 0 Å². The fourth-order valence-corrected chi connectivity index (χ4v) is 3.24. The molecule has 0 saturated carbocycles. The molecule has 0 fully saturated rings. The summed E-state index contributed by atoms with van der Waals surface area (Å²) in [7, 11) is 0. The molecule has 6 aliphatic rings. The van der Waals surface area contributed by atoms with E-state index >= 15 is 0 Å². The molecule has 6 rings (SSSR count). The van der Waals surface area contributed by atoms with E-state index in [1.54, 1.807) is 0 Å². The van der Waals surface area contributed by atoms with Crippen molar-refractivity contribution in [2.75, 3.05) is 0 Å². The molecule has 0 aromatic heterocycles. The van der Waals surface area contributed by atoms with Crippen molar-refractivity contribution in [1.29, 1.82) is 10.5 Å². The van der Waals surface area contributed by atoms with Crippen molar-refractivity contribution in [3.63, 3.8) is 0 Å². The van der Waals surface area contributed by atoms with E-state index in [1.165, 1.54) is 0 Å². The van der Waals surface area contributed by atoms with Crippen molar-refractivity contribution in [3.05, 3.63) is 64.7 Å². The molecule has 0 amide bonds. The molecule has 0 radical (unpaired) electrons. The summed E-state index contributed by atoms with van der Waals surface area (Å²) < 4.78 is 0. The molecule has 6 aliphatic carbocycles. The summed E-state index contributed by atoms with van der Waals surface area (Å²) in [6.45, 7) is 6.49. The summed E-state index contributed by atoms with van der Waals surface area (Å²) in [6, 6.07) is 4.47. The van der Waals surface area contributed by atoms with E-state index in [4.69, 9.17) is 0 Å². The first-order valence-electron chi connectivity index (χ1n) is 6.68. The van der Waals surface area contributed by atoms with Gasteiger partial charge in [-0.1, -0.05) is 56.2 Å². The van der Waals surface area contributed by atoms with Crippen molar-refractivity contribution in [1.82, 2.24) is 0 Å². The monoisotopic (exact) mass is 266 g/mol. The fourth-order valence-electron chi connectivity index (χ4n) is 3.24. The molecule has 0 saturated heterocycles. The molecule has 0 N–H and O–H groups in total. The van der Waals surface area contributed by atoms with Crippen LogP contribution in [-0.4, -0.2) is 0 Å². The molecule has 3 heteroatoms.